The van der Waals surface area contributed by atoms with Gasteiger partial charge in [-0.3, -0.25) is 4.79 Å². The number of aliphatic hydroxyl groups excluding tert-OH is 1. The van der Waals surface area contributed by atoms with Crippen LogP contribution in [0.15, 0.2) is 5.38 Å². The number of hydrogen-bond acceptors (Lipinski definition) is 5. The van der Waals surface area contributed by atoms with Crippen LogP contribution in [0.1, 0.15) is 37.6 Å². The summed E-state index contributed by atoms with van der Waals surface area (Å²) < 4.78 is 4.99. The monoisotopic (exact) mass is 257 g/mol. The highest BCUT2D eigenvalue weighted by Gasteiger charge is 2.33. The second-order valence-corrected chi connectivity index (χ2v) is 5.18. The number of aryl methyl sites for hydroxylation is 1. The van der Waals surface area contributed by atoms with Gasteiger partial charge in [-0.25, -0.2) is 4.98 Å². The molecule has 1 N–H and O–H groups in total. The zero-order valence-electron chi connectivity index (χ0n) is 10.6. The van der Waals surface area contributed by atoms with Crippen LogP contribution < -0.4 is 0 Å². The first-order chi connectivity index (χ1) is 7.97. The average molecular weight is 257 g/mol. The summed E-state index contributed by atoms with van der Waals surface area (Å²) in [6, 6.07) is 0. The Morgan fingerprint density at radius 1 is 1.59 bits per heavy atom. The summed E-state index contributed by atoms with van der Waals surface area (Å²) in [5.41, 5.74) is 0.857. The lowest BCUT2D eigenvalue weighted by atomic mass is 9.90. The molecule has 4 nitrogen and oxygen atoms in total. The minimum absolute atomic E-state index is 0.00764. The number of hydrogen-bond donors (Lipinski definition) is 1. The topological polar surface area (TPSA) is 59.4 Å². The molecule has 0 aromatic carbocycles. The Kier molecular flexibility index (Phi) is 5.08. The van der Waals surface area contributed by atoms with Crippen molar-refractivity contribution < 1.29 is 14.6 Å². The molecule has 0 fully saturated rings. The van der Waals surface area contributed by atoms with Crippen LogP contribution in [0.5, 0.6) is 0 Å². The zero-order chi connectivity index (χ0) is 13.0. The zero-order valence-corrected chi connectivity index (χ0v) is 11.5. The first kappa shape index (κ1) is 14.1. The third-order valence-corrected chi connectivity index (χ3v) is 3.54. The number of rotatable bonds is 5. The summed E-state index contributed by atoms with van der Waals surface area (Å²) in [7, 11) is 0. The van der Waals surface area contributed by atoms with E-state index in [1.807, 2.05) is 26.2 Å². The SMILES string of the molecule is CCOC(=O)C(C(C)C)C(O)c1nc(C)cs1. The Morgan fingerprint density at radius 2 is 2.24 bits per heavy atom. The predicted molar refractivity (Wildman–Crippen MR) is 66.8 cm³/mol. The van der Waals surface area contributed by atoms with Crippen LogP contribution >= 0.6 is 11.3 Å². The number of thiazole rings is 1. The molecule has 0 spiro atoms. The van der Waals surface area contributed by atoms with Crippen molar-refractivity contribution in [2.24, 2.45) is 11.8 Å². The fourth-order valence-corrected chi connectivity index (χ4v) is 2.49. The third kappa shape index (κ3) is 3.51. The van der Waals surface area contributed by atoms with E-state index in [4.69, 9.17) is 4.74 Å². The van der Waals surface area contributed by atoms with Crippen molar-refractivity contribution in [2.75, 3.05) is 6.61 Å². The molecule has 17 heavy (non-hydrogen) atoms. The fraction of sp³-hybridized carbons (Fsp3) is 0.667. The average Bonchev–Trinajstić information content (AvgIpc) is 2.64. The first-order valence-corrected chi connectivity index (χ1v) is 6.62. The normalized spacial score (nSPS) is 14.7. The molecular weight excluding hydrogens is 238 g/mol. The number of nitrogens with zero attached hydrogens (tertiary/aromatic N) is 1. The summed E-state index contributed by atoms with van der Waals surface area (Å²) in [5, 5.41) is 12.6. The Hall–Kier alpha value is -0.940. The highest BCUT2D eigenvalue weighted by Crippen LogP contribution is 2.31. The van der Waals surface area contributed by atoms with Crippen molar-refractivity contribution in [1.29, 1.82) is 0 Å². The second kappa shape index (κ2) is 6.12. The van der Waals surface area contributed by atoms with Crippen LogP contribution in [0.25, 0.3) is 0 Å². The molecule has 1 rings (SSSR count). The molecule has 0 radical (unpaired) electrons. The maximum Gasteiger partial charge on any atom is 0.312 e. The lowest BCUT2D eigenvalue weighted by molar-refractivity contribution is -0.154. The summed E-state index contributed by atoms with van der Waals surface area (Å²) >= 11 is 1.37. The molecule has 0 amide bonds. The molecular formula is C12H19NO3S. The van der Waals surface area contributed by atoms with Gasteiger partial charge in [0.05, 0.1) is 12.5 Å². The van der Waals surface area contributed by atoms with Crippen LogP contribution in [0.4, 0.5) is 0 Å². The van der Waals surface area contributed by atoms with Gasteiger partial charge >= 0.3 is 5.97 Å². The molecule has 1 aromatic heterocycles. The Bertz CT molecular complexity index is 376. The molecule has 1 aromatic rings. The standard InChI is InChI=1S/C12H19NO3S/c1-5-16-12(15)9(7(2)3)10(14)11-13-8(4)6-17-11/h6-7,9-10,14H,5H2,1-4H3. The Morgan fingerprint density at radius 3 is 2.65 bits per heavy atom. The van der Waals surface area contributed by atoms with Crippen molar-refractivity contribution in [3.05, 3.63) is 16.1 Å². The maximum absolute atomic E-state index is 11.8. The van der Waals surface area contributed by atoms with Gasteiger partial charge in [0.1, 0.15) is 11.1 Å². The van der Waals surface area contributed by atoms with E-state index in [9.17, 15) is 9.90 Å². The van der Waals surface area contributed by atoms with Gasteiger partial charge in [0.15, 0.2) is 0 Å². The van der Waals surface area contributed by atoms with Gasteiger partial charge in [-0.15, -0.1) is 11.3 Å². The quantitative estimate of drug-likeness (QED) is 0.822. The van der Waals surface area contributed by atoms with Crippen LogP contribution in [0.2, 0.25) is 0 Å². The first-order valence-electron chi connectivity index (χ1n) is 5.74. The van der Waals surface area contributed by atoms with E-state index in [-0.39, 0.29) is 11.9 Å². The lowest BCUT2D eigenvalue weighted by Gasteiger charge is -2.22. The van der Waals surface area contributed by atoms with E-state index >= 15 is 0 Å². The largest absolute Gasteiger partial charge is 0.466 e. The van der Waals surface area contributed by atoms with Gasteiger partial charge in [0.2, 0.25) is 0 Å². The minimum atomic E-state index is -0.882. The molecule has 0 bridgehead atoms. The molecule has 0 saturated heterocycles. The number of carbonyl (C=O) groups excluding carboxylic acids is 1. The lowest BCUT2D eigenvalue weighted by Crippen LogP contribution is -2.29. The number of aliphatic hydroxyl groups is 1. The van der Waals surface area contributed by atoms with Gasteiger partial charge in [0.25, 0.3) is 0 Å². The van der Waals surface area contributed by atoms with Crippen molar-refractivity contribution in [3.8, 4) is 0 Å². The Balaban J connectivity index is 2.87. The van der Waals surface area contributed by atoms with Crippen LogP contribution in [0.3, 0.4) is 0 Å². The van der Waals surface area contributed by atoms with E-state index in [1.54, 1.807) is 6.92 Å². The van der Waals surface area contributed by atoms with Gasteiger partial charge in [-0.2, -0.15) is 0 Å². The highest BCUT2D eigenvalue weighted by atomic mass is 32.1. The molecule has 0 aliphatic carbocycles. The van der Waals surface area contributed by atoms with Crippen LogP contribution in [0, 0.1) is 18.8 Å². The van der Waals surface area contributed by atoms with E-state index < -0.39 is 12.0 Å². The smallest absolute Gasteiger partial charge is 0.312 e. The van der Waals surface area contributed by atoms with Crippen molar-refractivity contribution in [3.63, 3.8) is 0 Å². The summed E-state index contributed by atoms with van der Waals surface area (Å²) in [6.45, 7) is 7.74. The minimum Gasteiger partial charge on any atom is -0.466 e. The van der Waals surface area contributed by atoms with Crippen LogP contribution in [-0.4, -0.2) is 22.7 Å². The van der Waals surface area contributed by atoms with E-state index in [1.165, 1.54) is 11.3 Å². The van der Waals surface area contributed by atoms with Crippen molar-refractivity contribution >= 4 is 17.3 Å². The number of ether oxygens (including phenoxy) is 1. The summed E-state index contributed by atoms with van der Waals surface area (Å²) in [4.78, 5) is 16.0. The van der Waals surface area contributed by atoms with E-state index in [0.29, 0.717) is 11.6 Å². The van der Waals surface area contributed by atoms with Crippen molar-refractivity contribution in [2.45, 2.75) is 33.8 Å². The van der Waals surface area contributed by atoms with Gasteiger partial charge in [-0.1, -0.05) is 13.8 Å². The third-order valence-electron chi connectivity index (χ3n) is 2.51. The molecule has 0 aliphatic rings. The number of esters is 1. The molecule has 2 unspecified atom stereocenters. The van der Waals surface area contributed by atoms with Gasteiger partial charge < -0.3 is 9.84 Å². The number of aromatic nitrogens is 1. The maximum atomic E-state index is 11.8. The molecule has 0 aliphatic heterocycles. The molecule has 0 saturated carbocycles. The predicted octanol–water partition coefficient (Wildman–Crippen LogP) is 2.32. The Labute approximate surface area is 106 Å². The van der Waals surface area contributed by atoms with Crippen LogP contribution in [-0.2, 0) is 9.53 Å². The van der Waals surface area contributed by atoms with Gasteiger partial charge in [0, 0.05) is 11.1 Å². The molecule has 96 valence electrons. The molecule has 5 heteroatoms. The number of carbonyl (C=O) groups is 1. The van der Waals surface area contributed by atoms with Gasteiger partial charge in [-0.05, 0) is 19.8 Å². The van der Waals surface area contributed by atoms with E-state index in [0.717, 1.165) is 5.69 Å². The molecule has 1 heterocycles. The van der Waals surface area contributed by atoms with E-state index in [2.05, 4.69) is 4.98 Å². The van der Waals surface area contributed by atoms with Crippen molar-refractivity contribution in [1.82, 2.24) is 4.98 Å². The summed E-state index contributed by atoms with van der Waals surface area (Å²) in [5.74, 6) is -0.906. The summed E-state index contributed by atoms with van der Waals surface area (Å²) in [6.07, 6.45) is -0.882. The molecule has 2 atom stereocenters. The second-order valence-electron chi connectivity index (χ2n) is 4.29. The highest BCUT2D eigenvalue weighted by molar-refractivity contribution is 7.09. The fourth-order valence-electron chi connectivity index (χ4n) is 1.67.